The minimum atomic E-state index is -0.420. The summed E-state index contributed by atoms with van der Waals surface area (Å²) in [6, 6.07) is 4.65. The Kier molecular flexibility index (Phi) is 3.15. The third kappa shape index (κ3) is 2.30. The highest BCUT2D eigenvalue weighted by Crippen LogP contribution is 2.37. The van der Waals surface area contributed by atoms with E-state index in [1.54, 1.807) is 18.2 Å². The molecule has 1 N–H and O–H groups in total. The van der Waals surface area contributed by atoms with E-state index in [2.05, 4.69) is 5.32 Å². The first-order chi connectivity index (χ1) is 9.08. The van der Waals surface area contributed by atoms with E-state index in [1.165, 1.54) is 4.90 Å². The van der Waals surface area contributed by atoms with Gasteiger partial charge in [0.05, 0.1) is 15.7 Å². The van der Waals surface area contributed by atoms with Gasteiger partial charge in [0.15, 0.2) is 0 Å². The second-order valence-corrected chi connectivity index (χ2v) is 5.67. The summed E-state index contributed by atoms with van der Waals surface area (Å²) in [6.45, 7) is -0.0118. The van der Waals surface area contributed by atoms with Gasteiger partial charge in [-0.15, -0.1) is 0 Å². The predicted molar refractivity (Wildman–Crippen MR) is 73.5 cm³/mol. The highest BCUT2D eigenvalue weighted by atomic mass is 35.5. The first-order valence-corrected chi connectivity index (χ1v) is 6.88. The zero-order chi connectivity index (χ0) is 13.6. The van der Waals surface area contributed by atoms with Crippen LogP contribution in [0, 0.1) is 5.92 Å². The molecule has 0 bridgehead atoms. The minimum absolute atomic E-state index is 0.0118. The van der Waals surface area contributed by atoms with Gasteiger partial charge in [-0.25, -0.2) is 0 Å². The van der Waals surface area contributed by atoms with E-state index < -0.39 is 6.04 Å². The molecule has 1 aliphatic heterocycles. The lowest BCUT2D eigenvalue weighted by atomic mass is 10.1. The number of halogens is 2. The van der Waals surface area contributed by atoms with Gasteiger partial charge in [-0.3, -0.25) is 14.5 Å². The third-order valence-corrected chi connectivity index (χ3v) is 4.27. The largest absolute Gasteiger partial charge is 0.342 e. The summed E-state index contributed by atoms with van der Waals surface area (Å²) in [4.78, 5) is 25.6. The van der Waals surface area contributed by atoms with Gasteiger partial charge >= 0.3 is 0 Å². The predicted octanol–water partition coefficient (Wildman–Crippen LogP) is 2.23. The maximum Gasteiger partial charge on any atom is 0.250 e. The molecule has 0 aromatic heterocycles. The summed E-state index contributed by atoms with van der Waals surface area (Å²) < 4.78 is 0. The number of benzene rings is 1. The van der Waals surface area contributed by atoms with Crippen molar-refractivity contribution in [1.29, 1.82) is 0 Å². The van der Waals surface area contributed by atoms with Gasteiger partial charge < -0.3 is 5.32 Å². The molecule has 1 saturated carbocycles. The van der Waals surface area contributed by atoms with Crippen molar-refractivity contribution in [2.75, 3.05) is 11.4 Å². The van der Waals surface area contributed by atoms with Crippen molar-refractivity contribution in [2.45, 2.75) is 18.9 Å². The van der Waals surface area contributed by atoms with Gasteiger partial charge in [-0.05, 0) is 30.9 Å². The van der Waals surface area contributed by atoms with Crippen molar-refractivity contribution in [3.63, 3.8) is 0 Å². The maximum atomic E-state index is 12.4. The highest BCUT2D eigenvalue weighted by Gasteiger charge is 2.43. The minimum Gasteiger partial charge on any atom is -0.342 e. The van der Waals surface area contributed by atoms with Crippen molar-refractivity contribution >= 4 is 40.7 Å². The maximum absolute atomic E-state index is 12.4. The number of carbonyl (C=O) groups excluding carboxylic acids is 2. The number of anilines is 1. The van der Waals surface area contributed by atoms with Crippen LogP contribution in [-0.2, 0) is 9.59 Å². The Morgan fingerprint density at radius 2 is 1.95 bits per heavy atom. The molecule has 1 aromatic rings. The van der Waals surface area contributed by atoms with E-state index in [-0.39, 0.29) is 24.3 Å². The molecule has 1 unspecified atom stereocenters. The van der Waals surface area contributed by atoms with E-state index in [0.29, 0.717) is 15.7 Å². The summed E-state index contributed by atoms with van der Waals surface area (Å²) in [7, 11) is 0. The second kappa shape index (κ2) is 4.69. The van der Waals surface area contributed by atoms with Crippen LogP contribution in [0.25, 0.3) is 0 Å². The summed E-state index contributed by atoms with van der Waals surface area (Å²) in [5.74, 6) is -0.00369. The normalized spacial score (nSPS) is 23.5. The van der Waals surface area contributed by atoms with Crippen LogP contribution in [0.4, 0.5) is 5.69 Å². The lowest BCUT2D eigenvalue weighted by molar-refractivity contribution is -0.131. The quantitative estimate of drug-likeness (QED) is 0.910. The Bertz CT molecular complexity index is 558. The van der Waals surface area contributed by atoms with Gasteiger partial charge in [0.1, 0.15) is 12.6 Å². The van der Waals surface area contributed by atoms with E-state index in [9.17, 15) is 9.59 Å². The van der Waals surface area contributed by atoms with Crippen LogP contribution in [0.15, 0.2) is 18.2 Å². The van der Waals surface area contributed by atoms with E-state index >= 15 is 0 Å². The number of hydrogen-bond donors (Lipinski definition) is 1. The second-order valence-electron chi connectivity index (χ2n) is 4.88. The molecule has 19 heavy (non-hydrogen) atoms. The van der Waals surface area contributed by atoms with E-state index in [0.717, 1.165) is 12.8 Å². The monoisotopic (exact) mass is 298 g/mol. The molecule has 100 valence electrons. The lowest BCUT2D eigenvalue weighted by Gasteiger charge is -2.33. The number of carbonyl (C=O) groups is 2. The molecular formula is C13H12Cl2N2O2. The van der Waals surface area contributed by atoms with Crippen molar-refractivity contribution in [1.82, 2.24) is 5.32 Å². The van der Waals surface area contributed by atoms with Crippen LogP contribution in [-0.4, -0.2) is 24.4 Å². The molecule has 3 rings (SSSR count). The fourth-order valence-corrected chi connectivity index (χ4v) is 2.72. The zero-order valence-corrected chi connectivity index (χ0v) is 11.5. The standard InChI is InChI=1S/C13H12Cl2N2O2/c14-8-2-1-3-9(11(8)15)17-6-10(18)16-12(13(17)19)7-4-5-7/h1-3,7,12H,4-6H2,(H,16,18). The molecule has 2 aliphatic rings. The smallest absolute Gasteiger partial charge is 0.250 e. The van der Waals surface area contributed by atoms with Crippen LogP contribution in [0.3, 0.4) is 0 Å². The molecule has 0 spiro atoms. The summed E-state index contributed by atoms with van der Waals surface area (Å²) in [6.07, 6.45) is 1.96. The Balaban J connectivity index is 1.96. The molecule has 1 atom stereocenters. The van der Waals surface area contributed by atoms with Crippen LogP contribution >= 0.6 is 23.2 Å². The first kappa shape index (κ1) is 12.8. The number of nitrogens with one attached hydrogen (secondary N) is 1. The Morgan fingerprint density at radius 3 is 2.63 bits per heavy atom. The van der Waals surface area contributed by atoms with Crippen LogP contribution in [0.2, 0.25) is 10.0 Å². The van der Waals surface area contributed by atoms with Crippen molar-refractivity contribution in [2.24, 2.45) is 5.92 Å². The molecule has 0 radical (unpaired) electrons. The van der Waals surface area contributed by atoms with E-state index in [1.807, 2.05) is 0 Å². The number of nitrogens with zero attached hydrogens (tertiary/aromatic N) is 1. The van der Waals surface area contributed by atoms with Gasteiger partial charge in [0, 0.05) is 0 Å². The average molecular weight is 299 g/mol. The van der Waals surface area contributed by atoms with Gasteiger partial charge in [0.25, 0.3) is 0 Å². The number of amides is 2. The van der Waals surface area contributed by atoms with Crippen molar-refractivity contribution in [3.05, 3.63) is 28.2 Å². The number of hydrogen-bond acceptors (Lipinski definition) is 2. The van der Waals surface area contributed by atoms with Gasteiger partial charge in [-0.1, -0.05) is 29.3 Å². The Hall–Kier alpha value is -1.26. The van der Waals surface area contributed by atoms with Crippen molar-refractivity contribution in [3.8, 4) is 0 Å². The van der Waals surface area contributed by atoms with Gasteiger partial charge in [0.2, 0.25) is 11.8 Å². The van der Waals surface area contributed by atoms with Crippen molar-refractivity contribution < 1.29 is 9.59 Å². The van der Waals surface area contributed by atoms with Crippen LogP contribution in [0.1, 0.15) is 12.8 Å². The first-order valence-electron chi connectivity index (χ1n) is 6.12. The SMILES string of the molecule is O=C1CN(c2cccc(Cl)c2Cl)C(=O)C(C2CC2)N1. The molecule has 1 aliphatic carbocycles. The third-order valence-electron chi connectivity index (χ3n) is 3.47. The molecular weight excluding hydrogens is 287 g/mol. The molecule has 4 nitrogen and oxygen atoms in total. The molecule has 2 fully saturated rings. The molecule has 1 heterocycles. The topological polar surface area (TPSA) is 49.4 Å². The van der Waals surface area contributed by atoms with E-state index in [4.69, 9.17) is 23.2 Å². The fourth-order valence-electron chi connectivity index (χ4n) is 2.32. The number of rotatable bonds is 2. The molecule has 2 amide bonds. The average Bonchev–Trinajstić information content (AvgIpc) is 3.20. The Morgan fingerprint density at radius 1 is 1.21 bits per heavy atom. The van der Waals surface area contributed by atoms with Crippen LogP contribution < -0.4 is 10.2 Å². The van der Waals surface area contributed by atoms with Gasteiger partial charge in [-0.2, -0.15) is 0 Å². The molecule has 6 heteroatoms. The molecule has 1 aromatic carbocycles. The Labute approximate surface area is 120 Å². The van der Waals surface area contributed by atoms with Crippen LogP contribution in [0.5, 0.6) is 0 Å². The zero-order valence-electron chi connectivity index (χ0n) is 10.0. The molecule has 1 saturated heterocycles. The number of piperazine rings is 1. The summed E-state index contributed by atoms with van der Waals surface area (Å²) >= 11 is 12.1. The summed E-state index contributed by atoms with van der Waals surface area (Å²) in [5, 5.41) is 3.44. The lowest BCUT2D eigenvalue weighted by Crippen LogP contribution is -2.59. The summed E-state index contributed by atoms with van der Waals surface area (Å²) in [5.41, 5.74) is 0.500. The highest BCUT2D eigenvalue weighted by molar-refractivity contribution is 6.44. The fraction of sp³-hybridized carbons (Fsp3) is 0.385.